The van der Waals surface area contributed by atoms with E-state index < -0.39 is 10.0 Å². The van der Waals surface area contributed by atoms with E-state index in [2.05, 4.69) is 24.1 Å². The van der Waals surface area contributed by atoms with Gasteiger partial charge >= 0.3 is 0 Å². The van der Waals surface area contributed by atoms with E-state index in [0.717, 1.165) is 19.5 Å². The van der Waals surface area contributed by atoms with Crippen molar-refractivity contribution in [3.8, 4) is 0 Å². The second-order valence-electron chi connectivity index (χ2n) is 5.90. The number of piperazine rings is 1. The Labute approximate surface area is 138 Å². The molecule has 0 bridgehead atoms. The highest BCUT2D eigenvalue weighted by atomic mass is 32.2. The lowest BCUT2D eigenvalue weighted by Crippen LogP contribution is -2.51. The predicted molar refractivity (Wildman–Crippen MR) is 90.8 cm³/mol. The van der Waals surface area contributed by atoms with Crippen LogP contribution in [0.15, 0.2) is 29.2 Å². The van der Waals surface area contributed by atoms with E-state index in [9.17, 15) is 13.2 Å². The summed E-state index contributed by atoms with van der Waals surface area (Å²) in [6.45, 7) is 8.29. The van der Waals surface area contributed by atoms with Crippen molar-refractivity contribution in [1.82, 2.24) is 9.21 Å². The molecule has 1 saturated heterocycles. The van der Waals surface area contributed by atoms with Crippen LogP contribution < -0.4 is 5.32 Å². The van der Waals surface area contributed by atoms with Gasteiger partial charge in [0.15, 0.2) is 0 Å². The number of carbonyl (C=O) groups excluding carboxylic acids is 1. The molecular weight excluding hydrogens is 314 g/mol. The van der Waals surface area contributed by atoms with Gasteiger partial charge in [0.2, 0.25) is 15.9 Å². The molecule has 0 spiro atoms. The molecule has 6 nitrogen and oxygen atoms in total. The average Bonchev–Trinajstić information content (AvgIpc) is 2.54. The van der Waals surface area contributed by atoms with Crippen molar-refractivity contribution in [1.29, 1.82) is 0 Å². The molecule has 7 heteroatoms. The summed E-state index contributed by atoms with van der Waals surface area (Å²) in [7, 11) is -3.47. The van der Waals surface area contributed by atoms with Crippen molar-refractivity contribution >= 4 is 21.6 Å². The summed E-state index contributed by atoms with van der Waals surface area (Å²) >= 11 is 0. The van der Waals surface area contributed by atoms with Gasteiger partial charge in [0.25, 0.3) is 0 Å². The molecule has 1 fully saturated rings. The Balaban J connectivity index is 2.06. The summed E-state index contributed by atoms with van der Waals surface area (Å²) in [5, 5.41) is 2.63. The minimum atomic E-state index is -3.47. The highest BCUT2D eigenvalue weighted by molar-refractivity contribution is 7.89. The number of nitrogens with zero attached hydrogens (tertiary/aromatic N) is 2. The smallest absolute Gasteiger partial charge is 0.243 e. The maximum Gasteiger partial charge on any atom is 0.243 e. The Hall–Kier alpha value is -1.44. The van der Waals surface area contributed by atoms with E-state index >= 15 is 0 Å². The molecule has 128 valence electrons. The third-order valence-electron chi connectivity index (χ3n) is 4.30. The van der Waals surface area contributed by atoms with Gasteiger partial charge in [-0.1, -0.05) is 6.92 Å². The van der Waals surface area contributed by atoms with Crippen molar-refractivity contribution < 1.29 is 13.2 Å². The number of benzene rings is 1. The Morgan fingerprint density at radius 3 is 2.22 bits per heavy atom. The van der Waals surface area contributed by atoms with Crippen LogP contribution in [0.25, 0.3) is 0 Å². The number of nitrogens with one attached hydrogen (secondary N) is 1. The van der Waals surface area contributed by atoms with Gasteiger partial charge in [0.1, 0.15) is 0 Å². The molecule has 1 amide bonds. The molecule has 2 rings (SSSR count). The maximum absolute atomic E-state index is 12.7. The molecular formula is C16H25N3O3S. The summed E-state index contributed by atoms with van der Waals surface area (Å²) in [5.74, 6) is -0.179. The summed E-state index contributed by atoms with van der Waals surface area (Å²) in [5.41, 5.74) is 0.595. The zero-order valence-corrected chi connectivity index (χ0v) is 14.8. The van der Waals surface area contributed by atoms with Crippen LogP contribution in [0.2, 0.25) is 0 Å². The molecule has 0 unspecified atom stereocenters. The monoisotopic (exact) mass is 339 g/mol. The minimum absolute atomic E-state index is 0.179. The van der Waals surface area contributed by atoms with Crippen LogP contribution in [-0.4, -0.2) is 55.8 Å². The molecule has 0 aromatic heterocycles. The minimum Gasteiger partial charge on any atom is -0.326 e. The molecule has 1 N–H and O–H groups in total. The summed E-state index contributed by atoms with van der Waals surface area (Å²) in [4.78, 5) is 13.6. The van der Waals surface area contributed by atoms with Crippen LogP contribution in [0.5, 0.6) is 0 Å². The largest absolute Gasteiger partial charge is 0.326 e. The van der Waals surface area contributed by atoms with Crippen molar-refractivity contribution in [2.45, 2.75) is 38.1 Å². The van der Waals surface area contributed by atoms with Gasteiger partial charge in [-0.2, -0.15) is 4.31 Å². The van der Waals surface area contributed by atoms with E-state index in [1.807, 2.05) is 0 Å². The quantitative estimate of drug-likeness (QED) is 0.887. The highest BCUT2D eigenvalue weighted by Crippen LogP contribution is 2.20. The Morgan fingerprint density at radius 1 is 1.17 bits per heavy atom. The van der Waals surface area contributed by atoms with E-state index in [-0.39, 0.29) is 10.8 Å². The normalized spacial score (nSPS) is 18.6. The molecule has 0 radical (unpaired) electrons. The van der Waals surface area contributed by atoms with Crippen LogP contribution in [-0.2, 0) is 14.8 Å². The zero-order valence-electron chi connectivity index (χ0n) is 13.9. The van der Waals surface area contributed by atoms with E-state index in [1.165, 1.54) is 6.92 Å². The molecule has 23 heavy (non-hydrogen) atoms. The SMILES string of the molecule is CC[C@H](C)N1CCN(S(=O)(=O)c2ccc(NC(C)=O)cc2)CC1. The number of carbonyl (C=O) groups is 1. The second-order valence-corrected chi connectivity index (χ2v) is 7.84. The lowest BCUT2D eigenvalue weighted by atomic mass is 10.2. The van der Waals surface area contributed by atoms with Crippen molar-refractivity contribution in [2.75, 3.05) is 31.5 Å². The second kappa shape index (κ2) is 7.42. The van der Waals surface area contributed by atoms with Crippen molar-refractivity contribution in [3.05, 3.63) is 24.3 Å². The lowest BCUT2D eigenvalue weighted by Gasteiger charge is -2.37. The third-order valence-corrected chi connectivity index (χ3v) is 6.21. The Morgan fingerprint density at radius 2 is 1.74 bits per heavy atom. The van der Waals surface area contributed by atoms with Gasteiger partial charge in [-0.15, -0.1) is 0 Å². The molecule has 1 heterocycles. The number of hydrogen-bond donors (Lipinski definition) is 1. The lowest BCUT2D eigenvalue weighted by molar-refractivity contribution is -0.114. The van der Waals surface area contributed by atoms with Gasteiger partial charge in [-0.05, 0) is 37.6 Å². The first kappa shape index (κ1) is 17.9. The van der Waals surface area contributed by atoms with Crippen LogP contribution in [0.4, 0.5) is 5.69 Å². The number of hydrogen-bond acceptors (Lipinski definition) is 4. The molecule has 1 aromatic carbocycles. The number of sulfonamides is 1. The average molecular weight is 339 g/mol. The number of rotatable bonds is 5. The Kier molecular flexibility index (Phi) is 5.78. The fourth-order valence-corrected chi connectivity index (χ4v) is 4.13. The topological polar surface area (TPSA) is 69.7 Å². The third kappa shape index (κ3) is 4.31. The molecule has 1 atom stereocenters. The van der Waals surface area contributed by atoms with Crippen LogP contribution >= 0.6 is 0 Å². The fourth-order valence-electron chi connectivity index (χ4n) is 2.71. The zero-order chi connectivity index (χ0) is 17.0. The van der Waals surface area contributed by atoms with Gasteiger partial charge in [-0.3, -0.25) is 9.69 Å². The molecule has 1 aromatic rings. The standard InChI is InChI=1S/C16H25N3O3S/c1-4-13(2)18-9-11-19(12-10-18)23(21,22)16-7-5-15(6-8-16)17-14(3)20/h5-8,13H,4,9-12H2,1-3H3,(H,17,20)/t13-/m0/s1. The predicted octanol–water partition coefficient (Wildman–Crippen LogP) is 1.75. The van der Waals surface area contributed by atoms with Crippen molar-refractivity contribution in [3.63, 3.8) is 0 Å². The van der Waals surface area contributed by atoms with Crippen LogP contribution in [0.1, 0.15) is 27.2 Å². The summed E-state index contributed by atoms with van der Waals surface area (Å²) in [6.07, 6.45) is 1.07. The Bertz CT molecular complexity index is 635. The molecule has 1 aliphatic heterocycles. The number of amides is 1. The first-order valence-corrected chi connectivity index (χ1v) is 9.40. The highest BCUT2D eigenvalue weighted by Gasteiger charge is 2.29. The molecule has 0 aliphatic carbocycles. The first-order chi connectivity index (χ1) is 10.8. The maximum atomic E-state index is 12.7. The fraction of sp³-hybridized carbons (Fsp3) is 0.562. The first-order valence-electron chi connectivity index (χ1n) is 7.96. The summed E-state index contributed by atoms with van der Waals surface area (Å²) < 4.78 is 26.9. The number of anilines is 1. The van der Waals surface area contributed by atoms with Gasteiger partial charge < -0.3 is 5.32 Å². The van der Waals surface area contributed by atoms with Gasteiger partial charge in [0.05, 0.1) is 4.90 Å². The van der Waals surface area contributed by atoms with E-state index in [4.69, 9.17) is 0 Å². The van der Waals surface area contributed by atoms with Gasteiger partial charge in [-0.25, -0.2) is 8.42 Å². The molecule has 1 aliphatic rings. The van der Waals surface area contributed by atoms with E-state index in [0.29, 0.717) is 24.8 Å². The molecule has 0 saturated carbocycles. The summed E-state index contributed by atoms with van der Waals surface area (Å²) in [6, 6.07) is 6.80. The van der Waals surface area contributed by atoms with Crippen molar-refractivity contribution in [2.24, 2.45) is 0 Å². The van der Waals surface area contributed by atoms with Gasteiger partial charge in [0, 0.05) is 44.8 Å². The van der Waals surface area contributed by atoms with Crippen LogP contribution in [0.3, 0.4) is 0 Å². The van der Waals surface area contributed by atoms with Crippen LogP contribution in [0, 0.1) is 0 Å². The van der Waals surface area contributed by atoms with E-state index in [1.54, 1.807) is 28.6 Å².